The van der Waals surface area contributed by atoms with Gasteiger partial charge in [-0.25, -0.2) is 0 Å². The molecule has 0 aliphatic carbocycles. The first-order valence-electron chi connectivity index (χ1n) is 12.0. The number of amides is 3. The molecule has 35 heavy (non-hydrogen) atoms. The Morgan fingerprint density at radius 2 is 1.83 bits per heavy atom. The zero-order valence-electron chi connectivity index (χ0n) is 20.0. The van der Waals surface area contributed by atoms with Gasteiger partial charge in [0, 0.05) is 31.3 Å². The van der Waals surface area contributed by atoms with E-state index >= 15 is 0 Å². The number of likely N-dealkylation sites (N-methyl/N-ethyl adjacent to an activating group) is 1. The van der Waals surface area contributed by atoms with E-state index in [1.54, 1.807) is 36.1 Å². The van der Waals surface area contributed by atoms with Gasteiger partial charge in [0.25, 0.3) is 5.91 Å². The predicted molar refractivity (Wildman–Crippen MR) is 126 cm³/mol. The minimum Gasteiger partial charge on any atom is -0.433 e. The number of nitrogens with zero attached hydrogens (tertiary/aromatic N) is 2. The second-order valence-electron chi connectivity index (χ2n) is 9.10. The maximum absolute atomic E-state index is 13.8. The van der Waals surface area contributed by atoms with E-state index in [4.69, 9.17) is 9.47 Å². The third-order valence-corrected chi connectivity index (χ3v) is 6.50. The van der Waals surface area contributed by atoms with Crippen LogP contribution in [-0.2, 0) is 23.9 Å². The molecule has 4 rings (SSSR count). The maximum Gasteiger partial charge on any atom is 0.310 e. The highest BCUT2D eigenvalue weighted by Gasteiger charge is 2.45. The number of ether oxygens (including phenoxy) is 2. The number of cyclic esters (lactones) is 1. The monoisotopic (exact) mass is 484 g/mol. The van der Waals surface area contributed by atoms with Gasteiger partial charge in [-0.05, 0) is 38.9 Å². The van der Waals surface area contributed by atoms with Crippen molar-refractivity contribution in [2.45, 2.75) is 56.6 Å². The standard InChI is InChI=1S/C25H32N4O6/c1-3-34-25-19(13-21(30)35-25)27-23(32)20-15-28(2)14-17-11-7-8-12-18(24(33)29(17)20)26-22(31)16-9-5-4-6-10-16/h4-10,17-20,25H,3,11-15H2,1-2H3,(H,26,31)(H,27,32)/t17-,18-,19?,20-,25?/m0/s1. The molecule has 2 N–H and O–H groups in total. The Morgan fingerprint density at radius 1 is 1.09 bits per heavy atom. The molecule has 0 spiro atoms. The third-order valence-electron chi connectivity index (χ3n) is 6.50. The van der Waals surface area contributed by atoms with Crippen LogP contribution in [0.2, 0.25) is 0 Å². The molecule has 0 saturated carbocycles. The summed E-state index contributed by atoms with van der Waals surface area (Å²) in [6.45, 7) is 3.05. The number of hydrogen-bond acceptors (Lipinski definition) is 7. The van der Waals surface area contributed by atoms with Gasteiger partial charge < -0.3 is 29.9 Å². The van der Waals surface area contributed by atoms with E-state index in [9.17, 15) is 19.2 Å². The number of esters is 1. The Kier molecular flexibility index (Phi) is 7.82. The van der Waals surface area contributed by atoms with Gasteiger partial charge in [0.05, 0.1) is 6.42 Å². The van der Waals surface area contributed by atoms with Crippen LogP contribution in [0.25, 0.3) is 0 Å². The van der Waals surface area contributed by atoms with E-state index < -0.39 is 30.4 Å². The largest absolute Gasteiger partial charge is 0.433 e. The summed E-state index contributed by atoms with van der Waals surface area (Å²) in [5, 5.41) is 5.72. The molecule has 0 radical (unpaired) electrons. The van der Waals surface area contributed by atoms with Crippen molar-refractivity contribution in [1.29, 1.82) is 0 Å². The minimum absolute atomic E-state index is 0.00877. The maximum atomic E-state index is 13.8. The summed E-state index contributed by atoms with van der Waals surface area (Å²) in [4.78, 5) is 55.4. The zero-order chi connectivity index (χ0) is 24.9. The fraction of sp³-hybridized carbons (Fsp3) is 0.520. The fourth-order valence-electron chi connectivity index (χ4n) is 4.86. The molecule has 0 bridgehead atoms. The number of fused-ring (bicyclic) bond motifs is 1. The number of carbonyl (C=O) groups excluding carboxylic acids is 4. The summed E-state index contributed by atoms with van der Waals surface area (Å²) < 4.78 is 10.6. The van der Waals surface area contributed by atoms with E-state index in [1.165, 1.54) is 0 Å². The van der Waals surface area contributed by atoms with Gasteiger partial charge in [-0.3, -0.25) is 19.2 Å². The van der Waals surface area contributed by atoms with Gasteiger partial charge in [-0.1, -0.05) is 30.4 Å². The summed E-state index contributed by atoms with van der Waals surface area (Å²) in [5.74, 6) is -1.45. The van der Waals surface area contributed by atoms with Crippen molar-refractivity contribution in [3.8, 4) is 0 Å². The third kappa shape index (κ3) is 5.71. The molecule has 3 aliphatic rings. The highest BCUT2D eigenvalue weighted by Crippen LogP contribution is 2.24. The Labute approximate surface area is 204 Å². The number of hydrogen-bond donors (Lipinski definition) is 2. The van der Waals surface area contributed by atoms with Crippen molar-refractivity contribution in [2.75, 3.05) is 26.7 Å². The van der Waals surface area contributed by atoms with Crippen LogP contribution in [0.5, 0.6) is 0 Å². The Hall–Kier alpha value is -3.24. The van der Waals surface area contributed by atoms with Crippen molar-refractivity contribution < 1.29 is 28.7 Å². The van der Waals surface area contributed by atoms with E-state index in [1.807, 2.05) is 30.2 Å². The van der Waals surface area contributed by atoms with Gasteiger partial charge in [0.1, 0.15) is 18.1 Å². The van der Waals surface area contributed by atoms with Crippen LogP contribution >= 0.6 is 0 Å². The van der Waals surface area contributed by atoms with Crippen molar-refractivity contribution in [1.82, 2.24) is 20.4 Å². The van der Waals surface area contributed by atoms with Gasteiger partial charge in [0.15, 0.2) is 0 Å². The van der Waals surface area contributed by atoms with Crippen LogP contribution in [0, 0.1) is 0 Å². The molecular formula is C25H32N4O6. The number of carbonyl (C=O) groups is 4. The van der Waals surface area contributed by atoms with Crippen LogP contribution in [0.15, 0.2) is 42.5 Å². The number of piperazine rings is 1. The highest BCUT2D eigenvalue weighted by atomic mass is 16.7. The van der Waals surface area contributed by atoms with Crippen LogP contribution in [0.4, 0.5) is 0 Å². The molecule has 188 valence electrons. The lowest BCUT2D eigenvalue weighted by Crippen LogP contribution is -2.67. The highest BCUT2D eigenvalue weighted by molar-refractivity contribution is 5.98. The summed E-state index contributed by atoms with van der Waals surface area (Å²) in [7, 11) is 1.91. The van der Waals surface area contributed by atoms with Crippen molar-refractivity contribution >= 4 is 23.7 Å². The van der Waals surface area contributed by atoms with Crippen LogP contribution in [-0.4, -0.2) is 90.7 Å². The summed E-state index contributed by atoms with van der Waals surface area (Å²) in [6, 6.07) is 6.28. The average molecular weight is 485 g/mol. The second-order valence-corrected chi connectivity index (χ2v) is 9.10. The topological polar surface area (TPSA) is 117 Å². The number of rotatable bonds is 6. The SMILES string of the molecule is CCOC1OC(=O)CC1NC(=O)[C@@H]1CN(C)C[C@@H]2CC=CC[C@H](NC(=O)c3ccccc3)C(=O)N21. The molecule has 10 nitrogen and oxygen atoms in total. The molecule has 5 atom stereocenters. The smallest absolute Gasteiger partial charge is 0.310 e. The molecule has 3 heterocycles. The molecule has 2 fully saturated rings. The Bertz CT molecular complexity index is 983. The first-order chi connectivity index (χ1) is 16.9. The number of nitrogens with one attached hydrogen (secondary N) is 2. The van der Waals surface area contributed by atoms with Crippen LogP contribution in [0.1, 0.15) is 36.5 Å². The summed E-state index contributed by atoms with van der Waals surface area (Å²) in [6.07, 6.45) is 4.00. The molecule has 3 aliphatic heterocycles. The lowest BCUT2D eigenvalue weighted by molar-refractivity contribution is -0.165. The van der Waals surface area contributed by atoms with Crippen molar-refractivity contribution in [3.63, 3.8) is 0 Å². The number of benzene rings is 1. The van der Waals surface area contributed by atoms with Gasteiger partial charge >= 0.3 is 5.97 Å². The van der Waals surface area contributed by atoms with Crippen molar-refractivity contribution in [3.05, 3.63) is 48.0 Å². The quantitative estimate of drug-likeness (QED) is 0.445. The van der Waals surface area contributed by atoms with Crippen LogP contribution in [0.3, 0.4) is 0 Å². The Morgan fingerprint density at radius 3 is 2.57 bits per heavy atom. The van der Waals surface area contributed by atoms with E-state index in [0.717, 1.165) is 0 Å². The summed E-state index contributed by atoms with van der Waals surface area (Å²) in [5.41, 5.74) is 0.462. The van der Waals surface area contributed by atoms with Gasteiger partial charge in [0.2, 0.25) is 18.1 Å². The molecule has 1 aromatic rings. The molecule has 10 heteroatoms. The molecule has 2 saturated heterocycles. The second kappa shape index (κ2) is 11.0. The summed E-state index contributed by atoms with van der Waals surface area (Å²) >= 11 is 0. The van der Waals surface area contributed by atoms with E-state index in [0.29, 0.717) is 38.1 Å². The zero-order valence-corrected chi connectivity index (χ0v) is 20.0. The molecular weight excluding hydrogens is 452 g/mol. The van der Waals surface area contributed by atoms with E-state index in [2.05, 4.69) is 10.6 Å². The average Bonchev–Trinajstić information content (AvgIpc) is 3.18. The van der Waals surface area contributed by atoms with Crippen molar-refractivity contribution in [2.24, 2.45) is 0 Å². The molecule has 0 aromatic heterocycles. The molecule has 2 unspecified atom stereocenters. The normalized spacial score (nSPS) is 29.1. The first-order valence-corrected chi connectivity index (χ1v) is 12.0. The van der Waals surface area contributed by atoms with E-state index in [-0.39, 0.29) is 30.2 Å². The fourth-order valence-corrected chi connectivity index (χ4v) is 4.86. The lowest BCUT2D eigenvalue weighted by Gasteiger charge is -2.46. The minimum atomic E-state index is -0.850. The first kappa shape index (κ1) is 24.9. The predicted octanol–water partition coefficient (Wildman–Crippen LogP) is 0.441. The van der Waals surface area contributed by atoms with Gasteiger partial charge in [-0.15, -0.1) is 0 Å². The molecule has 3 amide bonds. The molecule has 1 aromatic carbocycles. The van der Waals surface area contributed by atoms with Gasteiger partial charge in [-0.2, -0.15) is 0 Å². The lowest BCUT2D eigenvalue weighted by atomic mass is 9.97. The van der Waals surface area contributed by atoms with Crippen LogP contribution < -0.4 is 10.6 Å². The Balaban J connectivity index is 1.54.